The molecular formula is C15H28F3IN4. The minimum Gasteiger partial charge on any atom is -0.356 e. The van der Waals surface area contributed by atoms with Gasteiger partial charge >= 0.3 is 6.18 Å². The summed E-state index contributed by atoms with van der Waals surface area (Å²) in [4.78, 5) is 6.48. The van der Waals surface area contributed by atoms with Crippen molar-refractivity contribution in [2.75, 3.05) is 33.2 Å². The van der Waals surface area contributed by atoms with Gasteiger partial charge in [0.2, 0.25) is 0 Å². The van der Waals surface area contributed by atoms with Gasteiger partial charge in [-0.1, -0.05) is 12.8 Å². The summed E-state index contributed by atoms with van der Waals surface area (Å²) in [5.41, 5.74) is 0. The van der Waals surface area contributed by atoms with Crippen molar-refractivity contribution in [2.45, 2.75) is 50.7 Å². The van der Waals surface area contributed by atoms with Crippen LogP contribution in [0, 0.1) is 5.92 Å². The fraction of sp³-hybridized carbons (Fsp3) is 0.933. The van der Waals surface area contributed by atoms with Gasteiger partial charge in [-0.2, -0.15) is 13.2 Å². The van der Waals surface area contributed by atoms with E-state index in [9.17, 15) is 13.2 Å². The molecule has 1 aliphatic heterocycles. The average molecular weight is 448 g/mol. The Morgan fingerprint density at radius 1 is 1.22 bits per heavy atom. The van der Waals surface area contributed by atoms with Crippen LogP contribution < -0.4 is 10.6 Å². The number of hydrogen-bond donors (Lipinski definition) is 2. The monoisotopic (exact) mass is 448 g/mol. The maximum absolute atomic E-state index is 12.2. The number of halogens is 4. The largest absolute Gasteiger partial charge is 0.390 e. The molecule has 2 rings (SSSR count). The van der Waals surface area contributed by atoms with Crippen LogP contribution in [0.15, 0.2) is 4.99 Å². The molecule has 23 heavy (non-hydrogen) atoms. The van der Waals surface area contributed by atoms with Gasteiger partial charge in [0.15, 0.2) is 5.96 Å². The molecule has 4 nitrogen and oxygen atoms in total. The smallest absolute Gasteiger partial charge is 0.356 e. The second kappa shape index (κ2) is 9.90. The number of rotatable bonds is 5. The maximum Gasteiger partial charge on any atom is 0.390 e. The first-order valence-electron chi connectivity index (χ1n) is 8.22. The van der Waals surface area contributed by atoms with Crippen LogP contribution in [0.5, 0.6) is 0 Å². The Morgan fingerprint density at radius 2 is 1.91 bits per heavy atom. The van der Waals surface area contributed by atoms with Gasteiger partial charge in [-0.15, -0.1) is 24.0 Å². The van der Waals surface area contributed by atoms with E-state index >= 15 is 0 Å². The summed E-state index contributed by atoms with van der Waals surface area (Å²) < 4.78 is 36.5. The molecule has 2 N–H and O–H groups in total. The van der Waals surface area contributed by atoms with Gasteiger partial charge in [0.05, 0.1) is 6.42 Å². The number of likely N-dealkylation sites (tertiary alicyclic amines) is 1. The Kier molecular flexibility index (Phi) is 8.95. The van der Waals surface area contributed by atoms with Gasteiger partial charge < -0.3 is 15.5 Å². The Hall–Kier alpha value is -0.250. The Morgan fingerprint density at radius 3 is 2.52 bits per heavy atom. The van der Waals surface area contributed by atoms with E-state index in [2.05, 4.69) is 20.5 Å². The van der Waals surface area contributed by atoms with Crippen LogP contribution in [-0.2, 0) is 0 Å². The van der Waals surface area contributed by atoms with Crippen molar-refractivity contribution in [1.82, 2.24) is 15.5 Å². The molecule has 1 saturated heterocycles. The molecule has 0 aromatic heterocycles. The SMILES string of the molecule is CN=C(NCCC(F)(F)F)NC1CCN(CC2CCCC2)C1.I. The topological polar surface area (TPSA) is 39.7 Å². The van der Waals surface area contributed by atoms with Crippen molar-refractivity contribution in [3.8, 4) is 0 Å². The van der Waals surface area contributed by atoms with Gasteiger partial charge in [-0.25, -0.2) is 0 Å². The standard InChI is InChI=1S/C15H27F3N4.HI/c1-19-14(20-8-7-15(16,17)18)21-13-6-9-22(11-13)10-12-4-2-3-5-12;/h12-13H,2-11H2,1H3,(H2,19,20,21);1H. The molecule has 0 aromatic rings. The van der Waals surface area contributed by atoms with Gasteiger partial charge in [0, 0.05) is 39.3 Å². The highest BCUT2D eigenvalue weighted by Crippen LogP contribution is 2.26. The van der Waals surface area contributed by atoms with Crippen LogP contribution in [0.3, 0.4) is 0 Å². The molecule has 136 valence electrons. The van der Waals surface area contributed by atoms with Gasteiger partial charge in [-0.3, -0.25) is 4.99 Å². The van der Waals surface area contributed by atoms with E-state index < -0.39 is 12.6 Å². The van der Waals surface area contributed by atoms with Gasteiger partial charge in [-0.05, 0) is 25.2 Å². The molecule has 1 atom stereocenters. The van der Waals surface area contributed by atoms with Crippen LogP contribution in [0.4, 0.5) is 13.2 Å². The predicted octanol–water partition coefficient (Wildman–Crippen LogP) is 2.99. The minimum absolute atomic E-state index is 0. The highest BCUT2D eigenvalue weighted by Gasteiger charge is 2.28. The predicted molar refractivity (Wildman–Crippen MR) is 97.4 cm³/mol. The Labute approximate surface area is 153 Å². The third-order valence-corrected chi connectivity index (χ3v) is 4.53. The summed E-state index contributed by atoms with van der Waals surface area (Å²) in [6.45, 7) is 3.05. The summed E-state index contributed by atoms with van der Waals surface area (Å²) in [6.07, 6.45) is 1.45. The van der Waals surface area contributed by atoms with Crippen molar-refractivity contribution in [2.24, 2.45) is 10.9 Å². The van der Waals surface area contributed by atoms with Gasteiger partial charge in [0.25, 0.3) is 0 Å². The molecule has 2 aliphatic rings. The molecule has 1 saturated carbocycles. The third kappa shape index (κ3) is 7.91. The summed E-state index contributed by atoms with van der Waals surface area (Å²) in [7, 11) is 1.59. The minimum atomic E-state index is -4.13. The zero-order valence-corrected chi connectivity index (χ0v) is 16.0. The highest BCUT2D eigenvalue weighted by molar-refractivity contribution is 14.0. The molecule has 2 fully saturated rings. The van der Waals surface area contributed by atoms with Crippen LogP contribution in [0.25, 0.3) is 0 Å². The Balaban J connectivity index is 0.00000264. The van der Waals surface area contributed by atoms with Gasteiger partial charge in [0.1, 0.15) is 0 Å². The quantitative estimate of drug-likeness (QED) is 0.386. The molecule has 0 amide bonds. The second-order valence-corrected chi connectivity index (χ2v) is 6.40. The van der Waals surface area contributed by atoms with E-state index in [4.69, 9.17) is 0 Å². The summed E-state index contributed by atoms with van der Waals surface area (Å²) in [6, 6.07) is 0.276. The number of nitrogens with one attached hydrogen (secondary N) is 2. The van der Waals surface area contributed by atoms with Crippen molar-refractivity contribution in [3.05, 3.63) is 0 Å². The molecule has 0 radical (unpaired) electrons. The van der Waals surface area contributed by atoms with Crippen molar-refractivity contribution in [3.63, 3.8) is 0 Å². The van der Waals surface area contributed by atoms with E-state index in [-0.39, 0.29) is 36.6 Å². The molecule has 0 bridgehead atoms. The number of guanidine groups is 1. The van der Waals surface area contributed by atoms with E-state index in [1.165, 1.54) is 25.7 Å². The highest BCUT2D eigenvalue weighted by atomic mass is 127. The number of alkyl halides is 3. The molecule has 1 heterocycles. The fourth-order valence-electron chi connectivity index (χ4n) is 3.39. The maximum atomic E-state index is 12.2. The van der Waals surface area contributed by atoms with Crippen LogP contribution >= 0.6 is 24.0 Å². The lowest BCUT2D eigenvalue weighted by Gasteiger charge is -2.21. The first-order valence-corrected chi connectivity index (χ1v) is 8.22. The Bertz CT molecular complexity index is 370. The van der Waals surface area contributed by atoms with E-state index in [0.717, 1.165) is 32.0 Å². The first-order chi connectivity index (χ1) is 10.5. The lowest BCUT2D eigenvalue weighted by molar-refractivity contribution is -0.132. The normalized spacial score (nSPS) is 23.8. The van der Waals surface area contributed by atoms with Crippen molar-refractivity contribution < 1.29 is 13.2 Å². The summed E-state index contributed by atoms with van der Waals surface area (Å²) >= 11 is 0. The van der Waals surface area contributed by atoms with Crippen molar-refractivity contribution in [1.29, 1.82) is 0 Å². The molecule has 1 aliphatic carbocycles. The second-order valence-electron chi connectivity index (χ2n) is 6.40. The zero-order chi connectivity index (χ0) is 16.0. The molecule has 8 heteroatoms. The lowest BCUT2D eigenvalue weighted by atomic mass is 10.1. The van der Waals surface area contributed by atoms with Crippen LogP contribution in [0.2, 0.25) is 0 Å². The van der Waals surface area contributed by atoms with E-state index in [0.29, 0.717) is 5.96 Å². The first kappa shape index (κ1) is 20.8. The fourth-order valence-corrected chi connectivity index (χ4v) is 3.39. The molecule has 0 spiro atoms. The molecular weight excluding hydrogens is 420 g/mol. The van der Waals surface area contributed by atoms with E-state index in [1.807, 2.05) is 0 Å². The van der Waals surface area contributed by atoms with Crippen LogP contribution in [0.1, 0.15) is 38.5 Å². The zero-order valence-electron chi connectivity index (χ0n) is 13.7. The average Bonchev–Trinajstić information content (AvgIpc) is 3.09. The molecule has 1 unspecified atom stereocenters. The number of aliphatic imine (C=N–C) groups is 1. The third-order valence-electron chi connectivity index (χ3n) is 4.53. The number of hydrogen-bond acceptors (Lipinski definition) is 2. The summed E-state index contributed by atoms with van der Waals surface area (Å²) in [5.74, 6) is 1.31. The summed E-state index contributed by atoms with van der Waals surface area (Å²) in [5, 5.41) is 5.98. The van der Waals surface area contributed by atoms with Crippen molar-refractivity contribution >= 4 is 29.9 Å². The lowest BCUT2D eigenvalue weighted by Crippen LogP contribution is -2.45. The number of nitrogens with zero attached hydrogens (tertiary/aromatic N) is 2. The van der Waals surface area contributed by atoms with Crippen LogP contribution in [-0.4, -0.2) is 56.3 Å². The molecule has 0 aromatic carbocycles. The van der Waals surface area contributed by atoms with E-state index in [1.54, 1.807) is 7.05 Å².